The van der Waals surface area contributed by atoms with Gasteiger partial charge in [0.15, 0.2) is 0 Å². The van der Waals surface area contributed by atoms with Crippen LogP contribution in [0.5, 0.6) is 0 Å². The molecule has 1 atom stereocenters. The molecule has 0 aromatic carbocycles. The van der Waals surface area contributed by atoms with Gasteiger partial charge in [-0.05, 0) is 26.3 Å². The number of carbonyl (C=O) groups excluding carboxylic acids is 2. The van der Waals surface area contributed by atoms with E-state index in [1.165, 1.54) is 6.42 Å². The lowest BCUT2D eigenvalue weighted by Crippen LogP contribution is -2.51. The Morgan fingerprint density at radius 3 is 2.60 bits per heavy atom. The Morgan fingerprint density at radius 2 is 2.00 bits per heavy atom. The molecule has 114 valence electrons. The highest BCUT2D eigenvalue weighted by Crippen LogP contribution is 2.11. The highest BCUT2D eigenvalue weighted by Gasteiger charge is 2.25. The summed E-state index contributed by atoms with van der Waals surface area (Å²) in [5.74, 6) is 0.324. The largest absolute Gasteiger partial charge is 0.355 e. The van der Waals surface area contributed by atoms with Gasteiger partial charge in [0.25, 0.3) is 0 Å². The van der Waals surface area contributed by atoms with Crippen molar-refractivity contribution < 1.29 is 9.59 Å². The fraction of sp³-hybridized carbons (Fsp3) is 0.857. The van der Waals surface area contributed by atoms with Crippen molar-refractivity contribution in [1.29, 1.82) is 0 Å². The first-order valence-corrected chi connectivity index (χ1v) is 7.69. The molecule has 6 nitrogen and oxygen atoms in total. The summed E-state index contributed by atoms with van der Waals surface area (Å²) in [6.07, 6.45) is 2.91. The van der Waals surface area contributed by atoms with E-state index in [9.17, 15) is 9.59 Å². The zero-order valence-corrected chi connectivity index (χ0v) is 12.4. The van der Waals surface area contributed by atoms with E-state index in [0.29, 0.717) is 25.6 Å². The van der Waals surface area contributed by atoms with Crippen LogP contribution in [0.2, 0.25) is 0 Å². The molecule has 2 amide bonds. The van der Waals surface area contributed by atoms with Crippen LogP contribution in [0.3, 0.4) is 0 Å². The topological polar surface area (TPSA) is 64.7 Å². The van der Waals surface area contributed by atoms with Gasteiger partial charge in [0.1, 0.15) is 0 Å². The maximum atomic E-state index is 12.2. The first kappa shape index (κ1) is 15.3. The predicted octanol–water partition coefficient (Wildman–Crippen LogP) is -0.591. The summed E-state index contributed by atoms with van der Waals surface area (Å²) < 4.78 is 0. The molecule has 0 aromatic rings. The van der Waals surface area contributed by atoms with Crippen molar-refractivity contribution in [2.45, 2.75) is 32.2 Å². The number of rotatable bonds is 5. The molecule has 2 aliphatic heterocycles. The summed E-state index contributed by atoms with van der Waals surface area (Å²) in [4.78, 5) is 27.7. The Balaban J connectivity index is 1.67. The van der Waals surface area contributed by atoms with Crippen LogP contribution in [0.15, 0.2) is 0 Å². The van der Waals surface area contributed by atoms with Crippen LogP contribution >= 0.6 is 0 Å². The van der Waals surface area contributed by atoms with Crippen LogP contribution in [0.4, 0.5) is 0 Å². The van der Waals surface area contributed by atoms with E-state index in [2.05, 4.69) is 15.5 Å². The van der Waals surface area contributed by atoms with Crippen molar-refractivity contribution in [2.75, 3.05) is 45.8 Å². The molecule has 2 saturated heterocycles. The number of carbonyl (C=O) groups is 2. The van der Waals surface area contributed by atoms with Crippen LogP contribution in [0, 0.1) is 0 Å². The van der Waals surface area contributed by atoms with Crippen molar-refractivity contribution >= 4 is 11.8 Å². The fourth-order valence-corrected chi connectivity index (χ4v) is 2.88. The summed E-state index contributed by atoms with van der Waals surface area (Å²) in [5.41, 5.74) is 0. The molecule has 0 aromatic heterocycles. The Kier molecular flexibility index (Phi) is 5.79. The maximum absolute atomic E-state index is 12.2. The van der Waals surface area contributed by atoms with Gasteiger partial charge in [0.2, 0.25) is 11.8 Å². The molecule has 20 heavy (non-hydrogen) atoms. The molecule has 2 rings (SSSR count). The van der Waals surface area contributed by atoms with Crippen molar-refractivity contribution in [3.05, 3.63) is 0 Å². The zero-order chi connectivity index (χ0) is 14.4. The van der Waals surface area contributed by atoms with Crippen molar-refractivity contribution in [2.24, 2.45) is 0 Å². The molecular weight excluding hydrogens is 256 g/mol. The van der Waals surface area contributed by atoms with E-state index in [1.807, 2.05) is 11.8 Å². The molecular formula is C14H26N4O2. The fourth-order valence-electron chi connectivity index (χ4n) is 2.88. The molecule has 6 heteroatoms. The first-order valence-electron chi connectivity index (χ1n) is 7.69. The summed E-state index contributed by atoms with van der Waals surface area (Å²) >= 11 is 0. The van der Waals surface area contributed by atoms with Gasteiger partial charge < -0.3 is 15.5 Å². The summed E-state index contributed by atoms with van der Waals surface area (Å²) in [7, 11) is 0. The highest BCUT2D eigenvalue weighted by atomic mass is 16.2. The first-order chi connectivity index (χ1) is 9.69. The summed E-state index contributed by atoms with van der Waals surface area (Å²) in [6, 6.07) is 0.371. The standard InChI is InChI=1S/C14H26N4O2/c1-2-15-13(19)11-17-6-8-18(9-7-17)14(20)10-12-4-3-5-16-12/h12,16H,2-11H2,1H3,(H,15,19). The van der Waals surface area contributed by atoms with E-state index >= 15 is 0 Å². The second-order valence-corrected chi connectivity index (χ2v) is 5.61. The summed E-state index contributed by atoms with van der Waals surface area (Å²) in [6.45, 7) is 7.15. The monoisotopic (exact) mass is 282 g/mol. The van der Waals surface area contributed by atoms with E-state index in [-0.39, 0.29) is 11.8 Å². The molecule has 2 fully saturated rings. The number of hydrogen-bond acceptors (Lipinski definition) is 4. The minimum Gasteiger partial charge on any atom is -0.355 e. The Bertz CT molecular complexity index is 334. The van der Waals surface area contributed by atoms with Gasteiger partial charge in [0, 0.05) is 45.2 Å². The van der Waals surface area contributed by atoms with Gasteiger partial charge in [-0.2, -0.15) is 0 Å². The third-order valence-corrected chi connectivity index (χ3v) is 4.05. The number of piperazine rings is 1. The van der Waals surface area contributed by atoms with E-state index in [4.69, 9.17) is 0 Å². The normalized spacial score (nSPS) is 23.9. The molecule has 2 N–H and O–H groups in total. The molecule has 2 aliphatic rings. The minimum atomic E-state index is 0.0717. The predicted molar refractivity (Wildman–Crippen MR) is 77.3 cm³/mol. The van der Waals surface area contributed by atoms with Crippen LogP contribution in [-0.2, 0) is 9.59 Å². The molecule has 0 bridgehead atoms. The Labute approximate surface area is 120 Å². The van der Waals surface area contributed by atoms with Crippen LogP contribution in [0.1, 0.15) is 26.2 Å². The van der Waals surface area contributed by atoms with E-state index in [1.54, 1.807) is 0 Å². The quantitative estimate of drug-likeness (QED) is 0.707. The van der Waals surface area contributed by atoms with Gasteiger partial charge >= 0.3 is 0 Å². The maximum Gasteiger partial charge on any atom is 0.234 e. The smallest absolute Gasteiger partial charge is 0.234 e. The molecule has 0 saturated carbocycles. The van der Waals surface area contributed by atoms with Gasteiger partial charge in [-0.1, -0.05) is 0 Å². The van der Waals surface area contributed by atoms with Gasteiger partial charge in [-0.25, -0.2) is 0 Å². The van der Waals surface area contributed by atoms with Gasteiger partial charge in [0.05, 0.1) is 6.54 Å². The number of amides is 2. The number of nitrogens with zero attached hydrogens (tertiary/aromatic N) is 2. The van der Waals surface area contributed by atoms with Crippen LogP contribution < -0.4 is 10.6 Å². The highest BCUT2D eigenvalue weighted by molar-refractivity contribution is 5.78. The van der Waals surface area contributed by atoms with Gasteiger partial charge in [-0.3, -0.25) is 14.5 Å². The number of likely N-dealkylation sites (N-methyl/N-ethyl adjacent to an activating group) is 1. The van der Waals surface area contributed by atoms with Crippen LogP contribution in [-0.4, -0.2) is 73.5 Å². The summed E-state index contributed by atoms with van der Waals surface area (Å²) in [5, 5.41) is 6.17. The lowest BCUT2D eigenvalue weighted by Gasteiger charge is -2.34. The van der Waals surface area contributed by atoms with Crippen molar-refractivity contribution in [3.63, 3.8) is 0 Å². The van der Waals surface area contributed by atoms with E-state index in [0.717, 1.165) is 39.1 Å². The van der Waals surface area contributed by atoms with Crippen molar-refractivity contribution in [1.82, 2.24) is 20.4 Å². The number of hydrogen-bond donors (Lipinski definition) is 2. The third kappa shape index (κ3) is 4.45. The Hall–Kier alpha value is -1.14. The second-order valence-electron chi connectivity index (χ2n) is 5.61. The van der Waals surface area contributed by atoms with Crippen LogP contribution in [0.25, 0.3) is 0 Å². The molecule has 0 aliphatic carbocycles. The average Bonchev–Trinajstić information content (AvgIpc) is 2.92. The van der Waals surface area contributed by atoms with Crippen molar-refractivity contribution in [3.8, 4) is 0 Å². The molecule has 2 heterocycles. The number of nitrogens with one attached hydrogen (secondary N) is 2. The average molecular weight is 282 g/mol. The zero-order valence-electron chi connectivity index (χ0n) is 12.4. The SMILES string of the molecule is CCNC(=O)CN1CCN(C(=O)CC2CCCN2)CC1. The lowest BCUT2D eigenvalue weighted by molar-refractivity contribution is -0.133. The molecule has 1 unspecified atom stereocenters. The second kappa shape index (κ2) is 7.59. The minimum absolute atomic E-state index is 0.0717. The molecule has 0 spiro atoms. The molecule has 0 radical (unpaired) electrons. The lowest BCUT2D eigenvalue weighted by atomic mass is 10.1. The van der Waals surface area contributed by atoms with E-state index < -0.39 is 0 Å². The van der Waals surface area contributed by atoms with Gasteiger partial charge in [-0.15, -0.1) is 0 Å². The third-order valence-electron chi connectivity index (χ3n) is 4.05. The Morgan fingerprint density at radius 1 is 1.25 bits per heavy atom.